The number of halogens is 1. The molecule has 0 saturated carbocycles. The fourth-order valence-electron chi connectivity index (χ4n) is 2.43. The molecule has 0 amide bonds. The minimum Gasteiger partial charge on any atom is -0.381 e. The molecule has 1 aliphatic heterocycles. The first kappa shape index (κ1) is 13.8. The molecule has 2 heterocycles. The van der Waals surface area contributed by atoms with Gasteiger partial charge in [-0.15, -0.1) is 0 Å². The number of nitrogens with one attached hydrogen (secondary N) is 1. The molecular weight excluding hydrogens is 367 g/mol. The highest BCUT2D eigenvalue weighted by Gasteiger charge is 2.20. The molecule has 0 bridgehead atoms. The lowest BCUT2D eigenvalue weighted by molar-refractivity contribution is 0.0835. The summed E-state index contributed by atoms with van der Waals surface area (Å²) >= 11 is 2.07. The number of benzene rings is 1. The average Bonchev–Trinajstić information content (AvgIpc) is 2.51. The van der Waals surface area contributed by atoms with Crippen LogP contribution in [0.3, 0.4) is 0 Å². The first-order valence-corrected chi connectivity index (χ1v) is 7.76. The van der Waals surface area contributed by atoms with Crippen LogP contribution in [-0.4, -0.2) is 23.2 Å². The summed E-state index contributed by atoms with van der Waals surface area (Å²) in [6.07, 6.45) is 1.83. The predicted octanol–water partition coefficient (Wildman–Crippen LogP) is 2.94. The zero-order chi connectivity index (χ0) is 13.9. The lowest BCUT2D eigenvalue weighted by Crippen LogP contribution is -2.22. The Morgan fingerprint density at radius 3 is 2.60 bits per heavy atom. The van der Waals surface area contributed by atoms with Crippen molar-refractivity contribution in [2.24, 2.45) is 0 Å². The Hall–Kier alpha value is -1.21. The van der Waals surface area contributed by atoms with E-state index in [1.165, 1.54) is 0 Å². The SMILES string of the molecule is O=c1[nH]c(C2CCOCC2)nc(-c2ccccc2)c1I. The maximum atomic E-state index is 12.1. The molecule has 0 unspecified atom stereocenters. The van der Waals surface area contributed by atoms with Gasteiger partial charge in [0.15, 0.2) is 0 Å². The van der Waals surface area contributed by atoms with Crippen LogP contribution < -0.4 is 5.56 Å². The van der Waals surface area contributed by atoms with Crippen LogP contribution in [0.15, 0.2) is 35.1 Å². The molecule has 2 aromatic rings. The van der Waals surface area contributed by atoms with Gasteiger partial charge in [0, 0.05) is 24.7 Å². The zero-order valence-corrected chi connectivity index (χ0v) is 13.1. The lowest BCUT2D eigenvalue weighted by atomic mass is 9.99. The summed E-state index contributed by atoms with van der Waals surface area (Å²) in [5.41, 5.74) is 1.70. The minimum atomic E-state index is -0.0547. The third kappa shape index (κ3) is 2.78. The molecule has 3 rings (SSSR count). The molecule has 1 saturated heterocycles. The summed E-state index contributed by atoms with van der Waals surface area (Å²) in [5, 5.41) is 0. The average molecular weight is 382 g/mol. The van der Waals surface area contributed by atoms with Crippen molar-refractivity contribution in [3.63, 3.8) is 0 Å². The second kappa shape index (κ2) is 6.05. The quantitative estimate of drug-likeness (QED) is 0.813. The van der Waals surface area contributed by atoms with Crippen LogP contribution in [0.5, 0.6) is 0 Å². The highest BCUT2D eigenvalue weighted by molar-refractivity contribution is 14.1. The Morgan fingerprint density at radius 2 is 1.90 bits per heavy atom. The van der Waals surface area contributed by atoms with Crippen LogP contribution >= 0.6 is 22.6 Å². The van der Waals surface area contributed by atoms with Gasteiger partial charge in [0.05, 0.1) is 5.69 Å². The molecular formula is C15H15IN2O2. The molecule has 1 aromatic carbocycles. The summed E-state index contributed by atoms with van der Waals surface area (Å²) < 4.78 is 6.01. The number of aromatic amines is 1. The maximum absolute atomic E-state index is 12.1. The molecule has 104 valence electrons. The smallest absolute Gasteiger partial charge is 0.264 e. The maximum Gasteiger partial charge on any atom is 0.264 e. The molecule has 0 radical (unpaired) electrons. The van der Waals surface area contributed by atoms with Gasteiger partial charge in [-0.1, -0.05) is 30.3 Å². The molecule has 5 heteroatoms. The fourth-order valence-corrected chi connectivity index (χ4v) is 2.99. The van der Waals surface area contributed by atoms with Crippen LogP contribution in [0.25, 0.3) is 11.3 Å². The van der Waals surface area contributed by atoms with Gasteiger partial charge in [0.25, 0.3) is 5.56 Å². The van der Waals surface area contributed by atoms with E-state index in [1.807, 2.05) is 30.3 Å². The number of hydrogen-bond donors (Lipinski definition) is 1. The van der Waals surface area contributed by atoms with Gasteiger partial charge in [-0.2, -0.15) is 0 Å². The van der Waals surface area contributed by atoms with E-state index in [0.29, 0.717) is 3.57 Å². The number of rotatable bonds is 2. The van der Waals surface area contributed by atoms with E-state index >= 15 is 0 Å². The molecule has 1 aromatic heterocycles. The molecule has 1 fully saturated rings. The summed E-state index contributed by atoms with van der Waals surface area (Å²) in [6, 6.07) is 9.85. The Balaban J connectivity index is 2.06. The van der Waals surface area contributed by atoms with Crippen molar-refractivity contribution in [2.45, 2.75) is 18.8 Å². The molecule has 4 nitrogen and oxygen atoms in total. The second-order valence-corrected chi connectivity index (χ2v) is 5.95. The second-order valence-electron chi connectivity index (χ2n) is 4.87. The molecule has 1 N–H and O–H groups in total. The van der Waals surface area contributed by atoms with Crippen molar-refractivity contribution in [3.8, 4) is 11.3 Å². The predicted molar refractivity (Wildman–Crippen MR) is 85.8 cm³/mol. The van der Waals surface area contributed by atoms with E-state index < -0.39 is 0 Å². The fraction of sp³-hybridized carbons (Fsp3) is 0.333. The molecule has 20 heavy (non-hydrogen) atoms. The number of nitrogens with zero attached hydrogens (tertiary/aromatic N) is 1. The Kier molecular flexibility index (Phi) is 4.16. The number of aromatic nitrogens is 2. The number of hydrogen-bond acceptors (Lipinski definition) is 3. The Morgan fingerprint density at radius 1 is 1.20 bits per heavy atom. The lowest BCUT2D eigenvalue weighted by Gasteiger charge is -2.21. The highest BCUT2D eigenvalue weighted by Crippen LogP contribution is 2.26. The molecule has 0 spiro atoms. The van der Waals surface area contributed by atoms with E-state index in [2.05, 4.69) is 27.6 Å². The summed E-state index contributed by atoms with van der Waals surface area (Å²) in [7, 11) is 0. The number of H-pyrrole nitrogens is 1. The van der Waals surface area contributed by atoms with Crippen molar-refractivity contribution >= 4 is 22.6 Å². The van der Waals surface area contributed by atoms with Gasteiger partial charge >= 0.3 is 0 Å². The van der Waals surface area contributed by atoms with Crippen molar-refractivity contribution in [2.75, 3.05) is 13.2 Å². The summed E-state index contributed by atoms with van der Waals surface area (Å²) in [4.78, 5) is 19.8. The standard InChI is InChI=1S/C15H15IN2O2/c16-12-13(10-4-2-1-3-5-10)17-14(18-15(12)19)11-6-8-20-9-7-11/h1-5,11H,6-9H2,(H,17,18,19). The van der Waals surface area contributed by atoms with Gasteiger partial charge in [-0.05, 0) is 35.4 Å². The normalized spacial score (nSPS) is 16.2. The molecule has 0 atom stereocenters. The van der Waals surface area contributed by atoms with Gasteiger partial charge < -0.3 is 9.72 Å². The van der Waals surface area contributed by atoms with Gasteiger partial charge in [0.1, 0.15) is 9.39 Å². The summed E-state index contributed by atoms with van der Waals surface area (Å²) in [6.45, 7) is 1.47. The zero-order valence-electron chi connectivity index (χ0n) is 10.9. The van der Waals surface area contributed by atoms with Crippen molar-refractivity contribution < 1.29 is 4.74 Å². The third-order valence-corrected chi connectivity index (χ3v) is 4.54. The Labute approximate surface area is 130 Å². The molecule has 1 aliphatic rings. The summed E-state index contributed by atoms with van der Waals surface area (Å²) in [5.74, 6) is 1.08. The molecule has 0 aliphatic carbocycles. The topological polar surface area (TPSA) is 55.0 Å². The van der Waals surface area contributed by atoms with E-state index in [9.17, 15) is 4.79 Å². The van der Waals surface area contributed by atoms with Gasteiger partial charge in [0.2, 0.25) is 0 Å². The van der Waals surface area contributed by atoms with E-state index in [4.69, 9.17) is 9.72 Å². The van der Waals surface area contributed by atoms with Crippen LogP contribution in [0, 0.1) is 3.57 Å². The van der Waals surface area contributed by atoms with Crippen LogP contribution in [0.1, 0.15) is 24.6 Å². The largest absolute Gasteiger partial charge is 0.381 e. The third-order valence-electron chi connectivity index (χ3n) is 3.54. The first-order valence-electron chi connectivity index (χ1n) is 6.68. The van der Waals surface area contributed by atoms with Crippen molar-refractivity contribution in [1.82, 2.24) is 9.97 Å². The van der Waals surface area contributed by atoms with Gasteiger partial charge in [-0.3, -0.25) is 4.79 Å². The monoisotopic (exact) mass is 382 g/mol. The van der Waals surface area contributed by atoms with E-state index in [0.717, 1.165) is 43.1 Å². The number of ether oxygens (including phenoxy) is 1. The van der Waals surface area contributed by atoms with Gasteiger partial charge in [-0.25, -0.2) is 4.98 Å². The first-order chi connectivity index (χ1) is 9.75. The van der Waals surface area contributed by atoms with Crippen LogP contribution in [0.4, 0.5) is 0 Å². The minimum absolute atomic E-state index is 0.0547. The Bertz CT molecular complexity index is 649. The van der Waals surface area contributed by atoms with E-state index in [-0.39, 0.29) is 11.5 Å². The van der Waals surface area contributed by atoms with Crippen molar-refractivity contribution in [3.05, 3.63) is 50.1 Å². The highest BCUT2D eigenvalue weighted by atomic mass is 127. The van der Waals surface area contributed by atoms with Crippen molar-refractivity contribution in [1.29, 1.82) is 0 Å². The van der Waals surface area contributed by atoms with E-state index in [1.54, 1.807) is 0 Å². The van der Waals surface area contributed by atoms with Crippen LogP contribution in [0.2, 0.25) is 0 Å². The van der Waals surface area contributed by atoms with Crippen LogP contribution in [-0.2, 0) is 4.74 Å².